The smallest absolute Gasteiger partial charge is 0.214 e. The molecule has 4 nitrogen and oxygen atoms in total. The predicted molar refractivity (Wildman–Crippen MR) is 76.1 cm³/mol. The second kappa shape index (κ2) is 6.35. The Morgan fingerprint density at radius 2 is 1.78 bits per heavy atom. The summed E-state index contributed by atoms with van der Waals surface area (Å²) >= 11 is 0. The average Bonchev–Trinajstić information content (AvgIpc) is 2.28. The van der Waals surface area contributed by atoms with Gasteiger partial charge in [-0.1, -0.05) is 27.7 Å². The van der Waals surface area contributed by atoms with Gasteiger partial charge in [0.2, 0.25) is 10.0 Å². The summed E-state index contributed by atoms with van der Waals surface area (Å²) in [6.07, 6.45) is 2.59. The fourth-order valence-electron chi connectivity index (χ4n) is 2.33. The zero-order valence-electron chi connectivity index (χ0n) is 12.2. The van der Waals surface area contributed by atoms with Gasteiger partial charge in [-0.2, -0.15) is 4.31 Å². The summed E-state index contributed by atoms with van der Waals surface area (Å²) in [5, 5.41) is 3.28. The molecule has 1 rings (SSSR count). The van der Waals surface area contributed by atoms with Gasteiger partial charge in [0.15, 0.2) is 0 Å². The lowest BCUT2D eigenvalue weighted by Crippen LogP contribution is -2.47. The van der Waals surface area contributed by atoms with Gasteiger partial charge in [0, 0.05) is 12.6 Å². The highest BCUT2D eigenvalue weighted by atomic mass is 32.2. The van der Waals surface area contributed by atoms with Crippen molar-refractivity contribution in [2.75, 3.05) is 25.4 Å². The van der Waals surface area contributed by atoms with Gasteiger partial charge in [0.05, 0.1) is 5.75 Å². The van der Waals surface area contributed by atoms with Gasteiger partial charge in [0.1, 0.15) is 0 Å². The van der Waals surface area contributed by atoms with Crippen LogP contribution in [0, 0.1) is 5.41 Å². The highest BCUT2D eigenvalue weighted by Crippen LogP contribution is 2.22. The molecule has 0 aromatic heterocycles. The van der Waals surface area contributed by atoms with Gasteiger partial charge < -0.3 is 5.32 Å². The summed E-state index contributed by atoms with van der Waals surface area (Å²) in [5.74, 6) is 0.272. The molecule has 0 atom stereocenters. The first-order valence-electron chi connectivity index (χ1n) is 6.96. The Morgan fingerprint density at radius 1 is 1.22 bits per heavy atom. The molecule has 0 amide bonds. The fraction of sp³-hybridized carbons (Fsp3) is 1.00. The van der Waals surface area contributed by atoms with Crippen molar-refractivity contribution in [1.29, 1.82) is 0 Å². The van der Waals surface area contributed by atoms with Crippen molar-refractivity contribution in [2.24, 2.45) is 5.41 Å². The molecule has 1 aliphatic rings. The van der Waals surface area contributed by atoms with E-state index in [9.17, 15) is 8.42 Å². The number of nitrogens with zero attached hydrogens (tertiary/aromatic N) is 1. The van der Waals surface area contributed by atoms with Crippen LogP contribution in [0.4, 0.5) is 0 Å². The number of rotatable bonds is 5. The third-order valence-electron chi connectivity index (χ3n) is 3.49. The third kappa shape index (κ3) is 4.86. The number of nitrogens with one attached hydrogen (secondary N) is 1. The molecule has 1 aliphatic heterocycles. The van der Waals surface area contributed by atoms with Gasteiger partial charge in [-0.05, 0) is 37.8 Å². The van der Waals surface area contributed by atoms with E-state index in [0.717, 1.165) is 32.4 Å². The van der Waals surface area contributed by atoms with Gasteiger partial charge >= 0.3 is 0 Å². The second-order valence-corrected chi connectivity index (χ2v) is 8.35. The molecular formula is C13H28N2O2S. The standard InChI is InChI=1S/C13H28N2O2S/c1-5-15(12-6-9-14-10-7-12)18(16,17)11-8-13(2,3)4/h12,14H,5-11H2,1-4H3. The van der Waals surface area contributed by atoms with Crippen molar-refractivity contribution >= 4 is 10.0 Å². The molecule has 0 radical (unpaired) electrons. The van der Waals surface area contributed by atoms with Crippen LogP contribution >= 0.6 is 0 Å². The van der Waals surface area contributed by atoms with Crippen LogP contribution in [0.2, 0.25) is 0 Å². The van der Waals surface area contributed by atoms with E-state index in [-0.39, 0.29) is 17.2 Å². The maximum atomic E-state index is 12.4. The molecule has 1 saturated heterocycles. The van der Waals surface area contributed by atoms with Crippen molar-refractivity contribution in [1.82, 2.24) is 9.62 Å². The topological polar surface area (TPSA) is 49.4 Å². The minimum atomic E-state index is -3.10. The van der Waals surface area contributed by atoms with Crippen LogP contribution in [0.25, 0.3) is 0 Å². The molecule has 108 valence electrons. The largest absolute Gasteiger partial charge is 0.317 e. The van der Waals surface area contributed by atoms with E-state index in [1.165, 1.54) is 0 Å². The number of piperidine rings is 1. The van der Waals surface area contributed by atoms with E-state index in [1.54, 1.807) is 4.31 Å². The molecule has 0 unspecified atom stereocenters. The van der Waals surface area contributed by atoms with Gasteiger partial charge in [-0.15, -0.1) is 0 Å². The summed E-state index contributed by atoms with van der Waals surface area (Å²) in [5.41, 5.74) is 0.0700. The van der Waals surface area contributed by atoms with E-state index in [1.807, 2.05) is 6.92 Å². The molecule has 0 aliphatic carbocycles. The van der Waals surface area contributed by atoms with E-state index >= 15 is 0 Å². The van der Waals surface area contributed by atoms with E-state index in [0.29, 0.717) is 6.54 Å². The Kier molecular flexibility index (Phi) is 5.62. The second-order valence-electron chi connectivity index (χ2n) is 6.31. The molecule has 0 aromatic carbocycles. The average molecular weight is 276 g/mol. The molecule has 0 spiro atoms. The third-order valence-corrected chi connectivity index (χ3v) is 5.49. The lowest BCUT2D eigenvalue weighted by atomic mass is 9.94. The van der Waals surface area contributed by atoms with Gasteiger partial charge in [-0.25, -0.2) is 8.42 Å². The van der Waals surface area contributed by atoms with Gasteiger partial charge in [-0.3, -0.25) is 0 Å². The van der Waals surface area contributed by atoms with Crippen LogP contribution in [-0.4, -0.2) is 44.2 Å². The molecule has 18 heavy (non-hydrogen) atoms. The maximum absolute atomic E-state index is 12.4. The Morgan fingerprint density at radius 3 is 2.22 bits per heavy atom. The minimum absolute atomic E-state index is 0.0700. The first-order chi connectivity index (χ1) is 8.26. The van der Waals surface area contributed by atoms with Crippen LogP contribution in [0.1, 0.15) is 47.0 Å². The zero-order chi connectivity index (χ0) is 13.8. The van der Waals surface area contributed by atoms with Crippen LogP contribution < -0.4 is 5.32 Å². The minimum Gasteiger partial charge on any atom is -0.317 e. The molecule has 0 aromatic rings. The quantitative estimate of drug-likeness (QED) is 0.833. The Labute approximate surface area is 112 Å². The lowest BCUT2D eigenvalue weighted by molar-refractivity contribution is 0.268. The molecule has 0 bridgehead atoms. The van der Waals surface area contributed by atoms with Crippen LogP contribution in [-0.2, 0) is 10.0 Å². The summed E-state index contributed by atoms with van der Waals surface area (Å²) in [4.78, 5) is 0. The molecule has 1 fully saturated rings. The molecule has 1 heterocycles. The molecule has 0 saturated carbocycles. The highest BCUT2D eigenvalue weighted by Gasteiger charge is 2.30. The Balaban J connectivity index is 2.67. The predicted octanol–water partition coefficient (Wildman–Crippen LogP) is 1.83. The number of sulfonamides is 1. The SMILES string of the molecule is CCN(C1CCNCC1)S(=O)(=O)CCC(C)(C)C. The Hall–Kier alpha value is -0.130. The van der Waals surface area contributed by atoms with Crippen molar-refractivity contribution in [3.8, 4) is 0 Å². The monoisotopic (exact) mass is 276 g/mol. The van der Waals surface area contributed by atoms with Crippen LogP contribution in [0.3, 0.4) is 0 Å². The van der Waals surface area contributed by atoms with Crippen molar-refractivity contribution < 1.29 is 8.42 Å². The van der Waals surface area contributed by atoms with E-state index in [2.05, 4.69) is 26.1 Å². The lowest BCUT2D eigenvalue weighted by Gasteiger charge is -2.33. The number of hydrogen-bond donors (Lipinski definition) is 1. The van der Waals surface area contributed by atoms with Crippen molar-refractivity contribution in [3.63, 3.8) is 0 Å². The first-order valence-corrected chi connectivity index (χ1v) is 8.57. The van der Waals surface area contributed by atoms with E-state index in [4.69, 9.17) is 0 Å². The Bertz CT molecular complexity index is 340. The fourth-order valence-corrected chi connectivity index (χ4v) is 4.49. The van der Waals surface area contributed by atoms with Crippen molar-refractivity contribution in [2.45, 2.75) is 53.0 Å². The van der Waals surface area contributed by atoms with Gasteiger partial charge in [0.25, 0.3) is 0 Å². The first kappa shape index (κ1) is 15.9. The van der Waals surface area contributed by atoms with E-state index < -0.39 is 10.0 Å². The summed E-state index contributed by atoms with van der Waals surface area (Å²) < 4.78 is 26.5. The van der Waals surface area contributed by atoms with Crippen LogP contribution in [0.15, 0.2) is 0 Å². The number of hydrogen-bond acceptors (Lipinski definition) is 3. The normalized spacial score (nSPS) is 19.4. The highest BCUT2D eigenvalue weighted by molar-refractivity contribution is 7.89. The zero-order valence-corrected chi connectivity index (χ0v) is 13.0. The molecule has 5 heteroatoms. The summed E-state index contributed by atoms with van der Waals surface area (Å²) in [7, 11) is -3.10. The summed E-state index contributed by atoms with van der Waals surface area (Å²) in [6.45, 7) is 10.6. The molecular weight excluding hydrogens is 248 g/mol. The summed E-state index contributed by atoms with van der Waals surface area (Å²) in [6, 6.07) is 0.196. The molecule has 1 N–H and O–H groups in total. The van der Waals surface area contributed by atoms with Crippen LogP contribution in [0.5, 0.6) is 0 Å². The van der Waals surface area contributed by atoms with Crippen molar-refractivity contribution in [3.05, 3.63) is 0 Å². The maximum Gasteiger partial charge on any atom is 0.214 e.